The fourth-order valence-electron chi connectivity index (χ4n) is 1.89. The molecule has 2 aromatic rings. The fourth-order valence-corrected chi connectivity index (χ4v) is 2.66. The summed E-state index contributed by atoms with van der Waals surface area (Å²) in [6.45, 7) is 0.340. The third kappa shape index (κ3) is 3.62. The van der Waals surface area contributed by atoms with Crippen molar-refractivity contribution in [1.29, 1.82) is 5.26 Å². The Morgan fingerprint density at radius 2 is 2.32 bits per heavy atom. The number of hydrogen-bond donors (Lipinski definition) is 2. The van der Waals surface area contributed by atoms with Crippen molar-refractivity contribution in [3.63, 3.8) is 0 Å². The molecule has 6 nitrogen and oxygen atoms in total. The van der Waals surface area contributed by atoms with E-state index in [4.69, 9.17) is 11.0 Å². The maximum Gasteiger partial charge on any atom is 0.293 e. The molecule has 22 heavy (non-hydrogen) atoms. The van der Waals surface area contributed by atoms with Crippen LogP contribution in [0.25, 0.3) is 11.1 Å². The number of hydrogen-bond acceptors (Lipinski definition) is 6. The van der Waals surface area contributed by atoms with Crippen LogP contribution < -0.4 is 11.1 Å². The molecule has 0 spiro atoms. The van der Waals surface area contributed by atoms with Crippen molar-refractivity contribution in [3.8, 4) is 17.2 Å². The molecule has 2 rings (SSSR count). The van der Waals surface area contributed by atoms with Gasteiger partial charge in [-0.2, -0.15) is 5.26 Å². The molecule has 1 heterocycles. The molecule has 0 atom stereocenters. The van der Waals surface area contributed by atoms with Crippen LogP contribution in [0.15, 0.2) is 29.6 Å². The maximum absolute atomic E-state index is 11.7. The minimum Gasteiger partial charge on any atom is -0.467 e. The summed E-state index contributed by atoms with van der Waals surface area (Å²) < 4.78 is 4.48. The van der Waals surface area contributed by atoms with Crippen LogP contribution in [-0.2, 0) is 14.3 Å². The molecule has 3 N–H and O–H groups in total. The molecule has 0 aliphatic carbocycles. The van der Waals surface area contributed by atoms with Gasteiger partial charge < -0.3 is 15.8 Å². The first-order chi connectivity index (χ1) is 10.7. The van der Waals surface area contributed by atoms with Crippen molar-refractivity contribution in [2.24, 2.45) is 0 Å². The van der Waals surface area contributed by atoms with Gasteiger partial charge in [0.1, 0.15) is 11.1 Å². The molecule has 112 valence electrons. The Balaban J connectivity index is 2.15. The first kappa shape index (κ1) is 15.5. The van der Waals surface area contributed by atoms with Crippen molar-refractivity contribution in [3.05, 3.63) is 35.2 Å². The van der Waals surface area contributed by atoms with Gasteiger partial charge in [0.2, 0.25) is 5.91 Å². The Bertz CT molecular complexity index is 734. The number of rotatable bonds is 6. The molecular weight excluding hydrogens is 302 g/mol. The molecule has 0 saturated carbocycles. The average Bonchev–Trinajstić information content (AvgIpc) is 2.88. The van der Waals surface area contributed by atoms with Crippen LogP contribution in [0.4, 0.5) is 10.7 Å². The quantitative estimate of drug-likeness (QED) is 0.629. The van der Waals surface area contributed by atoms with Gasteiger partial charge in [-0.15, -0.1) is 11.3 Å². The number of nitrogens with two attached hydrogens (primary N) is 1. The highest BCUT2D eigenvalue weighted by Gasteiger charge is 2.11. The lowest BCUT2D eigenvalue weighted by Gasteiger charge is -2.07. The van der Waals surface area contributed by atoms with Crippen LogP contribution in [0, 0.1) is 11.3 Å². The molecule has 0 radical (unpaired) electrons. The van der Waals surface area contributed by atoms with Gasteiger partial charge in [-0.05, 0) is 17.7 Å². The van der Waals surface area contributed by atoms with Gasteiger partial charge in [0.25, 0.3) is 6.47 Å². The van der Waals surface area contributed by atoms with Crippen molar-refractivity contribution in [2.45, 2.75) is 6.42 Å². The van der Waals surface area contributed by atoms with E-state index in [1.54, 1.807) is 18.2 Å². The Morgan fingerprint density at radius 1 is 1.50 bits per heavy atom. The number of carbonyl (C=O) groups excluding carboxylic acids is 2. The summed E-state index contributed by atoms with van der Waals surface area (Å²) in [6, 6.07) is 9.21. The minimum atomic E-state index is -0.260. The molecule has 0 saturated heterocycles. The lowest BCUT2D eigenvalue weighted by Crippen LogP contribution is -2.13. The molecule has 1 amide bonds. The van der Waals surface area contributed by atoms with E-state index >= 15 is 0 Å². The Hall–Kier alpha value is -2.85. The van der Waals surface area contributed by atoms with E-state index in [2.05, 4.69) is 16.1 Å². The standard InChI is InChI=1S/C15H13N3O3S/c16-7-12-13(8-22-15(12)17)10-2-1-3-11(6-10)18-14(20)4-5-21-9-19/h1-3,6,8-9H,4-5,17H2,(H,18,20). The number of thiophene rings is 1. The van der Waals surface area contributed by atoms with Crippen molar-refractivity contribution in [1.82, 2.24) is 0 Å². The number of carbonyl (C=O) groups is 2. The molecule has 0 bridgehead atoms. The van der Waals surface area contributed by atoms with Gasteiger partial charge in [0.15, 0.2) is 0 Å². The van der Waals surface area contributed by atoms with E-state index in [-0.39, 0.29) is 18.9 Å². The molecule has 0 aliphatic rings. The second-order valence-corrected chi connectivity index (χ2v) is 5.26. The van der Waals surface area contributed by atoms with Gasteiger partial charge in [0, 0.05) is 16.6 Å². The highest BCUT2D eigenvalue weighted by Crippen LogP contribution is 2.33. The van der Waals surface area contributed by atoms with Gasteiger partial charge in [-0.25, -0.2) is 0 Å². The van der Waals surface area contributed by atoms with Crippen molar-refractivity contribution >= 4 is 34.4 Å². The summed E-state index contributed by atoms with van der Waals surface area (Å²) in [5.74, 6) is -0.260. The van der Waals surface area contributed by atoms with Gasteiger partial charge in [0.05, 0.1) is 18.6 Å². The lowest BCUT2D eigenvalue weighted by atomic mass is 10.0. The van der Waals surface area contributed by atoms with E-state index in [1.807, 2.05) is 11.4 Å². The molecular formula is C15H13N3O3S. The number of benzene rings is 1. The van der Waals surface area contributed by atoms with E-state index in [1.165, 1.54) is 11.3 Å². The SMILES string of the molecule is N#Cc1c(-c2cccc(NC(=O)CCOC=O)c2)csc1N. The summed E-state index contributed by atoms with van der Waals surface area (Å²) in [5, 5.41) is 14.1. The first-order valence-electron chi connectivity index (χ1n) is 6.38. The summed E-state index contributed by atoms with van der Waals surface area (Å²) >= 11 is 1.30. The predicted octanol–water partition coefficient (Wildman–Crippen LogP) is 2.37. The molecule has 0 unspecified atom stereocenters. The third-order valence-electron chi connectivity index (χ3n) is 2.90. The topological polar surface area (TPSA) is 105 Å². The number of ether oxygens (including phenoxy) is 1. The molecule has 1 aromatic carbocycles. The van der Waals surface area contributed by atoms with E-state index in [0.29, 0.717) is 22.7 Å². The van der Waals surface area contributed by atoms with E-state index in [9.17, 15) is 9.59 Å². The second-order valence-electron chi connectivity index (χ2n) is 4.35. The lowest BCUT2D eigenvalue weighted by molar-refractivity contribution is -0.129. The summed E-state index contributed by atoms with van der Waals surface area (Å²) in [5.41, 5.74) is 8.34. The van der Waals surface area contributed by atoms with Gasteiger partial charge >= 0.3 is 0 Å². The molecule has 1 aromatic heterocycles. The summed E-state index contributed by atoms with van der Waals surface area (Å²) in [6.07, 6.45) is 0.0812. The third-order valence-corrected chi connectivity index (χ3v) is 3.72. The van der Waals surface area contributed by atoms with Gasteiger partial charge in [-0.3, -0.25) is 9.59 Å². The highest BCUT2D eigenvalue weighted by atomic mass is 32.1. The van der Waals surface area contributed by atoms with Crippen LogP contribution in [0.5, 0.6) is 0 Å². The van der Waals surface area contributed by atoms with Crippen LogP contribution in [-0.4, -0.2) is 19.0 Å². The van der Waals surface area contributed by atoms with Crippen LogP contribution in [0.2, 0.25) is 0 Å². The molecule has 0 fully saturated rings. The monoisotopic (exact) mass is 315 g/mol. The number of nitriles is 1. The Morgan fingerprint density at radius 3 is 3.05 bits per heavy atom. The number of anilines is 2. The molecule has 0 aliphatic heterocycles. The zero-order valence-electron chi connectivity index (χ0n) is 11.5. The number of nitrogen functional groups attached to an aromatic ring is 1. The van der Waals surface area contributed by atoms with Crippen molar-refractivity contribution < 1.29 is 14.3 Å². The largest absolute Gasteiger partial charge is 0.467 e. The highest BCUT2D eigenvalue weighted by molar-refractivity contribution is 7.14. The zero-order chi connectivity index (χ0) is 15.9. The minimum absolute atomic E-state index is 0.0364. The van der Waals surface area contributed by atoms with Crippen molar-refractivity contribution in [2.75, 3.05) is 17.7 Å². The maximum atomic E-state index is 11.7. The normalized spacial score (nSPS) is 9.77. The van der Waals surface area contributed by atoms with Gasteiger partial charge in [-0.1, -0.05) is 12.1 Å². The predicted molar refractivity (Wildman–Crippen MR) is 84.1 cm³/mol. The molecule has 7 heteroatoms. The number of amides is 1. The summed E-state index contributed by atoms with van der Waals surface area (Å²) in [7, 11) is 0. The Labute approximate surface area is 131 Å². The smallest absolute Gasteiger partial charge is 0.293 e. The van der Waals surface area contributed by atoms with Crippen LogP contribution >= 0.6 is 11.3 Å². The Kier molecular flexibility index (Phi) is 5.11. The number of nitrogens with one attached hydrogen (secondary N) is 1. The van der Waals surface area contributed by atoms with E-state index < -0.39 is 0 Å². The zero-order valence-corrected chi connectivity index (χ0v) is 12.4. The average molecular weight is 315 g/mol. The number of nitrogens with zero attached hydrogens (tertiary/aromatic N) is 1. The van der Waals surface area contributed by atoms with Crippen LogP contribution in [0.3, 0.4) is 0 Å². The van der Waals surface area contributed by atoms with E-state index in [0.717, 1.165) is 11.1 Å². The first-order valence-corrected chi connectivity index (χ1v) is 7.26. The summed E-state index contributed by atoms with van der Waals surface area (Å²) in [4.78, 5) is 21.7. The second kappa shape index (κ2) is 7.24. The van der Waals surface area contributed by atoms with Crippen LogP contribution in [0.1, 0.15) is 12.0 Å². The fraction of sp³-hybridized carbons (Fsp3) is 0.133.